The number of carbonyl (C=O) groups is 1. The maximum Gasteiger partial charge on any atom is 0.223 e. The maximum absolute atomic E-state index is 11.8. The number of hydrogen-bond acceptors (Lipinski definition) is 1. The van der Waals surface area contributed by atoms with Gasteiger partial charge in [-0.15, -0.1) is 11.6 Å². The molecule has 0 spiro atoms. The molecule has 0 bridgehead atoms. The first-order valence-electron chi connectivity index (χ1n) is 6.54. The molecule has 0 aromatic carbocycles. The van der Waals surface area contributed by atoms with Crippen molar-refractivity contribution in [3.63, 3.8) is 0 Å². The Morgan fingerprint density at radius 2 is 2.06 bits per heavy atom. The van der Waals surface area contributed by atoms with E-state index in [1.165, 1.54) is 6.42 Å². The zero-order chi connectivity index (χ0) is 11.5. The van der Waals surface area contributed by atoms with Crippen LogP contribution in [-0.2, 0) is 4.79 Å². The number of rotatable bonds is 6. The van der Waals surface area contributed by atoms with E-state index in [0.29, 0.717) is 17.7 Å². The van der Waals surface area contributed by atoms with Crippen LogP contribution >= 0.6 is 11.6 Å². The molecule has 3 unspecified atom stereocenters. The first-order chi connectivity index (χ1) is 7.70. The van der Waals surface area contributed by atoms with Crippen molar-refractivity contribution in [2.24, 2.45) is 23.7 Å². The summed E-state index contributed by atoms with van der Waals surface area (Å²) in [6.07, 6.45) is 5.85. The lowest BCUT2D eigenvalue weighted by Gasteiger charge is -2.13. The lowest BCUT2D eigenvalue weighted by atomic mass is 10.0. The zero-order valence-corrected chi connectivity index (χ0v) is 10.8. The fourth-order valence-electron chi connectivity index (χ4n) is 2.81. The van der Waals surface area contributed by atoms with Crippen LogP contribution in [0.15, 0.2) is 0 Å². The van der Waals surface area contributed by atoms with Crippen LogP contribution in [0.2, 0.25) is 0 Å². The molecule has 2 rings (SSSR count). The van der Waals surface area contributed by atoms with E-state index in [-0.39, 0.29) is 0 Å². The molecule has 3 atom stereocenters. The zero-order valence-electron chi connectivity index (χ0n) is 10.0. The summed E-state index contributed by atoms with van der Waals surface area (Å²) in [6, 6.07) is 0. The highest BCUT2D eigenvalue weighted by Gasteiger charge is 2.47. The number of carbonyl (C=O) groups excluding carboxylic acids is 1. The molecule has 0 aliphatic heterocycles. The SMILES string of the molecule is CC(CCl)CCCNC(=O)C1CC2CC2C1. The van der Waals surface area contributed by atoms with Gasteiger partial charge in [0.25, 0.3) is 0 Å². The average molecular weight is 244 g/mol. The molecule has 0 radical (unpaired) electrons. The largest absolute Gasteiger partial charge is 0.356 e. The topological polar surface area (TPSA) is 29.1 Å². The summed E-state index contributed by atoms with van der Waals surface area (Å²) in [5.41, 5.74) is 0. The van der Waals surface area contributed by atoms with E-state index in [0.717, 1.165) is 49.9 Å². The first kappa shape index (κ1) is 12.2. The third-order valence-corrected chi connectivity index (χ3v) is 4.58. The number of halogens is 1. The molecular formula is C13H22ClNO. The van der Waals surface area contributed by atoms with E-state index in [4.69, 9.17) is 11.6 Å². The van der Waals surface area contributed by atoms with Crippen LogP contribution in [0, 0.1) is 23.7 Å². The quantitative estimate of drug-likeness (QED) is 0.564. The minimum atomic E-state index is 0.297. The Morgan fingerprint density at radius 1 is 1.38 bits per heavy atom. The molecule has 0 saturated heterocycles. The lowest BCUT2D eigenvalue weighted by Crippen LogP contribution is -2.31. The van der Waals surface area contributed by atoms with Gasteiger partial charge in [-0.05, 0) is 49.9 Å². The summed E-state index contributed by atoms with van der Waals surface area (Å²) in [5, 5.41) is 3.06. The Morgan fingerprint density at radius 3 is 2.69 bits per heavy atom. The van der Waals surface area contributed by atoms with E-state index < -0.39 is 0 Å². The molecule has 2 nitrogen and oxygen atoms in total. The highest BCUT2D eigenvalue weighted by molar-refractivity contribution is 6.18. The number of fused-ring (bicyclic) bond motifs is 1. The van der Waals surface area contributed by atoms with Crippen molar-refractivity contribution >= 4 is 17.5 Å². The normalized spacial score (nSPS) is 33.2. The number of amides is 1. The van der Waals surface area contributed by atoms with Gasteiger partial charge in [0.05, 0.1) is 0 Å². The minimum absolute atomic E-state index is 0.297. The van der Waals surface area contributed by atoms with E-state index in [1.54, 1.807) is 0 Å². The van der Waals surface area contributed by atoms with Crippen molar-refractivity contribution in [1.82, 2.24) is 5.32 Å². The minimum Gasteiger partial charge on any atom is -0.356 e. The fourth-order valence-corrected chi connectivity index (χ4v) is 2.97. The smallest absolute Gasteiger partial charge is 0.223 e. The van der Waals surface area contributed by atoms with Gasteiger partial charge in [0.1, 0.15) is 0 Å². The average Bonchev–Trinajstić information content (AvgIpc) is 2.91. The molecule has 2 fully saturated rings. The highest BCUT2D eigenvalue weighted by atomic mass is 35.5. The van der Waals surface area contributed by atoms with Crippen LogP contribution in [-0.4, -0.2) is 18.3 Å². The van der Waals surface area contributed by atoms with Gasteiger partial charge in [-0.2, -0.15) is 0 Å². The number of hydrogen-bond donors (Lipinski definition) is 1. The van der Waals surface area contributed by atoms with Gasteiger partial charge in [-0.25, -0.2) is 0 Å². The van der Waals surface area contributed by atoms with Gasteiger partial charge in [0, 0.05) is 18.3 Å². The monoisotopic (exact) mass is 243 g/mol. The van der Waals surface area contributed by atoms with Crippen LogP contribution in [0.25, 0.3) is 0 Å². The Hall–Kier alpha value is -0.240. The standard InChI is InChI=1S/C13H22ClNO/c1-9(8-14)3-2-4-15-13(16)12-6-10-5-11(10)7-12/h9-12H,2-8H2,1H3,(H,15,16). The highest BCUT2D eigenvalue weighted by Crippen LogP contribution is 2.54. The van der Waals surface area contributed by atoms with Gasteiger partial charge in [0.2, 0.25) is 5.91 Å². The number of nitrogens with one attached hydrogen (secondary N) is 1. The van der Waals surface area contributed by atoms with Crippen LogP contribution in [0.5, 0.6) is 0 Å². The van der Waals surface area contributed by atoms with Crippen molar-refractivity contribution in [3.05, 3.63) is 0 Å². The molecule has 2 aliphatic rings. The second-order valence-corrected chi connectivity index (χ2v) is 5.93. The van der Waals surface area contributed by atoms with Gasteiger partial charge in [0.15, 0.2) is 0 Å². The van der Waals surface area contributed by atoms with Gasteiger partial charge >= 0.3 is 0 Å². The Balaban J connectivity index is 1.54. The van der Waals surface area contributed by atoms with Gasteiger partial charge in [-0.3, -0.25) is 4.79 Å². The summed E-state index contributed by atoms with van der Waals surface area (Å²) in [4.78, 5) is 11.8. The third kappa shape index (κ3) is 3.13. The third-order valence-electron chi connectivity index (χ3n) is 4.05. The Bertz CT molecular complexity index is 246. The van der Waals surface area contributed by atoms with E-state index in [2.05, 4.69) is 12.2 Å². The molecule has 1 N–H and O–H groups in total. The van der Waals surface area contributed by atoms with Crippen molar-refractivity contribution < 1.29 is 4.79 Å². The molecule has 3 heteroatoms. The van der Waals surface area contributed by atoms with Crippen LogP contribution in [0.3, 0.4) is 0 Å². The van der Waals surface area contributed by atoms with E-state index in [9.17, 15) is 4.79 Å². The second kappa shape index (κ2) is 5.39. The predicted molar refractivity (Wildman–Crippen MR) is 66.4 cm³/mol. The van der Waals surface area contributed by atoms with Crippen molar-refractivity contribution in [3.8, 4) is 0 Å². The summed E-state index contributed by atoms with van der Waals surface area (Å²) < 4.78 is 0. The summed E-state index contributed by atoms with van der Waals surface area (Å²) in [5.74, 6) is 3.71. The molecule has 0 aromatic rings. The van der Waals surface area contributed by atoms with Gasteiger partial charge in [-0.1, -0.05) is 6.92 Å². The van der Waals surface area contributed by atoms with Gasteiger partial charge < -0.3 is 5.32 Å². The van der Waals surface area contributed by atoms with Crippen LogP contribution in [0.4, 0.5) is 0 Å². The molecule has 92 valence electrons. The summed E-state index contributed by atoms with van der Waals surface area (Å²) in [6.45, 7) is 2.98. The molecule has 0 heterocycles. The van der Waals surface area contributed by atoms with E-state index in [1.807, 2.05) is 0 Å². The Labute approximate surface area is 103 Å². The molecule has 2 saturated carbocycles. The van der Waals surface area contributed by atoms with Crippen molar-refractivity contribution in [2.45, 2.75) is 39.0 Å². The van der Waals surface area contributed by atoms with Crippen LogP contribution in [0.1, 0.15) is 39.0 Å². The number of alkyl halides is 1. The summed E-state index contributed by atoms with van der Waals surface area (Å²) >= 11 is 5.73. The molecule has 2 aliphatic carbocycles. The van der Waals surface area contributed by atoms with Crippen molar-refractivity contribution in [1.29, 1.82) is 0 Å². The molecule has 16 heavy (non-hydrogen) atoms. The molecule has 1 amide bonds. The maximum atomic E-state index is 11.8. The van der Waals surface area contributed by atoms with E-state index >= 15 is 0 Å². The Kier molecular flexibility index (Phi) is 4.12. The molecule has 0 aromatic heterocycles. The first-order valence-corrected chi connectivity index (χ1v) is 7.07. The fraction of sp³-hybridized carbons (Fsp3) is 0.923. The predicted octanol–water partition coefficient (Wildman–Crippen LogP) is 2.80. The van der Waals surface area contributed by atoms with Crippen LogP contribution < -0.4 is 5.32 Å². The second-order valence-electron chi connectivity index (χ2n) is 5.62. The van der Waals surface area contributed by atoms with Crippen molar-refractivity contribution in [2.75, 3.05) is 12.4 Å². The molecular weight excluding hydrogens is 222 g/mol. The lowest BCUT2D eigenvalue weighted by molar-refractivity contribution is -0.125. The summed E-state index contributed by atoms with van der Waals surface area (Å²) in [7, 11) is 0.